The van der Waals surface area contributed by atoms with Gasteiger partial charge in [-0.2, -0.15) is 10.2 Å². The first-order valence-electron chi connectivity index (χ1n) is 10.9. The number of ether oxygens (including phenoxy) is 1. The predicted octanol–water partition coefficient (Wildman–Crippen LogP) is 3.60. The van der Waals surface area contributed by atoms with Gasteiger partial charge in [0, 0.05) is 35.7 Å². The van der Waals surface area contributed by atoms with Crippen LogP contribution in [0.15, 0.2) is 49.1 Å². The van der Waals surface area contributed by atoms with E-state index in [4.69, 9.17) is 21.4 Å². The second-order valence-corrected chi connectivity index (χ2v) is 8.38. The van der Waals surface area contributed by atoms with Crippen LogP contribution in [0.3, 0.4) is 0 Å². The maximum absolute atomic E-state index is 13.2. The van der Waals surface area contributed by atoms with E-state index in [9.17, 15) is 4.79 Å². The molecule has 0 spiro atoms. The molecule has 3 aromatic heterocycles. The largest absolute Gasteiger partial charge is 0.496 e. The van der Waals surface area contributed by atoms with Crippen LogP contribution in [0.2, 0.25) is 5.02 Å². The Bertz CT molecular complexity index is 1290. The molecule has 10 heteroatoms. The third-order valence-corrected chi connectivity index (χ3v) is 6.03. The zero-order valence-electron chi connectivity index (χ0n) is 18.2. The smallest absolute Gasteiger partial charge is 0.261 e. The van der Waals surface area contributed by atoms with Crippen LogP contribution in [0.1, 0.15) is 23.2 Å². The summed E-state index contributed by atoms with van der Waals surface area (Å²) in [5.41, 5.74) is 2.73. The lowest BCUT2D eigenvalue weighted by atomic mass is 10.1. The normalized spacial score (nSPS) is 14.1. The molecule has 5 rings (SSSR count). The molecule has 0 atom stereocenters. The summed E-state index contributed by atoms with van der Waals surface area (Å²) in [6.45, 7) is 3.84. The predicted molar refractivity (Wildman–Crippen MR) is 126 cm³/mol. The minimum Gasteiger partial charge on any atom is -0.496 e. The molecule has 1 aliphatic rings. The van der Waals surface area contributed by atoms with Gasteiger partial charge in [-0.15, -0.1) is 0 Å². The van der Waals surface area contributed by atoms with Crippen LogP contribution in [0.4, 0.5) is 5.69 Å². The number of rotatable bonds is 7. The van der Waals surface area contributed by atoms with Crippen molar-refractivity contribution in [3.63, 3.8) is 0 Å². The highest BCUT2D eigenvalue weighted by Crippen LogP contribution is 2.36. The number of hydrogen-bond acceptors (Lipinski definition) is 6. The lowest BCUT2D eigenvalue weighted by molar-refractivity contribution is 0.102. The second-order valence-electron chi connectivity index (χ2n) is 7.95. The van der Waals surface area contributed by atoms with Crippen molar-refractivity contribution in [3.05, 3.63) is 59.6 Å². The summed E-state index contributed by atoms with van der Waals surface area (Å²) in [4.78, 5) is 19.9. The molecule has 4 aromatic rings. The molecule has 1 amide bonds. The molecule has 1 saturated heterocycles. The van der Waals surface area contributed by atoms with Crippen LogP contribution in [-0.2, 0) is 6.54 Å². The molecule has 9 nitrogen and oxygen atoms in total. The molecular formula is C23H24ClN7O2. The van der Waals surface area contributed by atoms with Gasteiger partial charge in [-0.25, -0.2) is 9.50 Å². The van der Waals surface area contributed by atoms with Gasteiger partial charge < -0.3 is 15.0 Å². The number of methoxy groups -OCH3 is 1. The van der Waals surface area contributed by atoms with E-state index in [0.717, 1.165) is 19.6 Å². The first kappa shape index (κ1) is 21.4. The van der Waals surface area contributed by atoms with Crippen LogP contribution in [0.25, 0.3) is 16.9 Å². The number of carbonyl (C=O) groups is 1. The molecule has 1 fully saturated rings. The highest BCUT2D eigenvalue weighted by Gasteiger charge is 2.21. The Kier molecular flexibility index (Phi) is 5.97. The number of halogens is 1. The van der Waals surface area contributed by atoms with E-state index in [0.29, 0.717) is 45.5 Å². The summed E-state index contributed by atoms with van der Waals surface area (Å²) in [6.07, 6.45) is 9.21. The fraction of sp³-hybridized carbons (Fsp3) is 0.304. The van der Waals surface area contributed by atoms with Gasteiger partial charge in [-0.3, -0.25) is 9.48 Å². The zero-order valence-corrected chi connectivity index (χ0v) is 19.0. The third-order valence-electron chi connectivity index (χ3n) is 5.79. The van der Waals surface area contributed by atoms with Crippen molar-refractivity contribution in [1.29, 1.82) is 0 Å². The van der Waals surface area contributed by atoms with Gasteiger partial charge in [0.2, 0.25) is 0 Å². The number of carbonyl (C=O) groups excluding carboxylic acids is 1. The minimum atomic E-state index is -0.315. The van der Waals surface area contributed by atoms with Crippen molar-refractivity contribution in [2.45, 2.75) is 19.4 Å². The van der Waals surface area contributed by atoms with Gasteiger partial charge in [0.05, 0.1) is 25.5 Å². The topological polar surface area (TPSA) is 89.6 Å². The lowest BCUT2D eigenvalue weighted by Gasteiger charge is -2.13. The molecule has 1 N–H and O–H groups in total. The van der Waals surface area contributed by atoms with Crippen LogP contribution < -0.4 is 10.1 Å². The third kappa shape index (κ3) is 4.42. The maximum atomic E-state index is 13.2. The van der Waals surface area contributed by atoms with E-state index >= 15 is 0 Å². The van der Waals surface area contributed by atoms with Crippen LogP contribution >= 0.6 is 11.6 Å². The fourth-order valence-electron chi connectivity index (χ4n) is 4.12. The number of aromatic nitrogens is 5. The number of amides is 1. The first-order chi connectivity index (χ1) is 16.1. The van der Waals surface area contributed by atoms with Crippen molar-refractivity contribution in [3.8, 4) is 17.0 Å². The molecule has 0 saturated carbocycles. The Hall–Kier alpha value is -3.43. The zero-order chi connectivity index (χ0) is 22.8. The Labute approximate surface area is 195 Å². The van der Waals surface area contributed by atoms with Gasteiger partial charge in [-0.05, 0) is 50.2 Å². The highest BCUT2D eigenvalue weighted by molar-refractivity contribution is 6.31. The second kappa shape index (κ2) is 9.21. The Morgan fingerprint density at radius 2 is 2.09 bits per heavy atom. The van der Waals surface area contributed by atoms with Crippen molar-refractivity contribution in [1.82, 2.24) is 29.3 Å². The number of anilines is 1. The number of nitrogens with zero attached hydrogens (tertiary/aromatic N) is 6. The Morgan fingerprint density at radius 1 is 1.24 bits per heavy atom. The molecule has 1 aliphatic heterocycles. The van der Waals surface area contributed by atoms with E-state index in [1.807, 2.05) is 10.9 Å². The Balaban J connectivity index is 1.49. The maximum Gasteiger partial charge on any atom is 0.261 e. The van der Waals surface area contributed by atoms with E-state index in [1.54, 1.807) is 48.3 Å². The van der Waals surface area contributed by atoms with E-state index < -0.39 is 0 Å². The average molecular weight is 466 g/mol. The van der Waals surface area contributed by atoms with Gasteiger partial charge in [0.15, 0.2) is 5.65 Å². The molecule has 0 unspecified atom stereocenters. The van der Waals surface area contributed by atoms with Crippen LogP contribution in [-0.4, -0.2) is 61.9 Å². The van der Waals surface area contributed by atoms with Gasteiger partial charge in [0.25, 0.3) is 5.91 Å². The van der Waals surface area contributed by atoms with Crippen molar-refractivity contribution in [2.24, 2.45) is 0 Å². The summed E-state index contributed by atoms with van der Waals surface area (Å²) in [7, 11) is 1.60. The standard InChI is InChI=1S/C23H24ClN7O2/c1-33-20-6-5-16(24)13-17(20)21-19(15-30(28-21)12-11-29-8-2-3-9-29)27-23(32)18-14-26-31-10-4-7-25-22(18)31/h4-7,10,13-15H,2-3,8-9,11-12H2,1H3,(H,27,32). The van der Waals surface area contributed by atoms with E-state index in [-0.39, 0.29) is 5.91 Å². The molecule has 0 bridgehead atoms. The minimum absolute atomic E-state index is 0.315. The molecule has 33 heavy (non-hydrogen) atoms. The van der Waals surface area contributed by atoms with Gasteiger partial charge in [0.1, 0.15) is 17.0 Å². The Morgan fingerprint density at radius 3 is 2.91 bits per heavy atom. The first-order valence-corrected chi connectivity index (χ1v) is 11.2. The van der Waals surface area contributed by atoms with Gasteiger partial charge in [-0.1, -0.05) is 11.6 Å². The SMILES string of the molecule is COc1ccc(Cl)cc1-c1nn(CCN2CCCC2)cc1NC(=O)c1cnn2cccnc12. The molecule has 170 valence electrons. The number of benzene rings is 1. The van der Waals surface area contributed by atoms with E-state index in [2.05, 4.69) is 20.3 Å². The quantitative estimate of drug-likeness (QED) is 0.448. The van der Waals surface area contributed by atoms with E-state index in [1.165, 1.54) is 19.0 Å². The summed E-state index contributed by atoms with van der Waals surface area (Å²) in [5, 5.41) is 12.5. The highest BCUT2D eigenvalue weighted by atomic mass is 35.5. The number of hydrogen-bond donors (Lipinski definition) is 1. The molecule has 0 aliphatic carbocycles. The molecular weight excluding hydrogens is 442 g/mol. The summed E-state index contributed by atoms with van der Waals surface area (Å²) in [5.74, 6) is 0.308. The van der Waals surface area contributed by atoms with Crippen molar-refractivity contribution < 1.29 is 9.53 Å². The summed E-state index contributed by atoms with van der Waals surface area (Å²) < 4.78 is 8.97. The molecule has 0 radical (unpaired) electrons. The fourth-order valence-corrected chi connectivity index (χ4v) is 4.29. The van der Waals surface area contributed by atoms with Gasteiger partial charge >= 0.3 is 0 Å². The van der Waals surface area contributed by atoms with Crippen molar-refractivity contribution >= 4 is 28.8 Å². The number of fused-ring (bicyclic) bond motifs is 1. The number of nitrogens with one attached hydrogen (secondary N) is 1. The molecule has 1 aromatic carbocycles. The lowest BCUT2D eigenvalue weighted by Crippen LogP contribution is -2.24. The number of likely N-dealkylation sites (tertiary alicyclic amines) is 1. The summed E-state index contributed by atoms with van der Waals surface area (Å²) in [6, 6.07) is 7.11. The molecule has 4 heterocycles. The summed E-state index contributed by atoms with van der Waals surface area (Å²) >= 11 is 6.28. The average Bonchev–Trinajstić information content (AvgIpc) is 3.57. The van der Waals surface area contributed by atoms with Crippen molar-refractivity contribution in [2.75, 3.05) is 32.1 Å². The monoisotopic (exact) mass is 465 g/mol. The van der Waals surface area contributed by atoms with Crippen LogP contribution in [0, 0.1) is 0 Å². The van der Waals surface area contributed by atoms with Crippen LogP contribution in [0.5, 0.6) is 5.75 Å².